The Labute approximate surface area is 97.4 Å². The lowest BCUT2D eigenvalue weighted by Gasteiger charge is -2.20. The largest absolute Gasteiger partial charge is 0.404 e. The predicted molar refractivity (Wildman–Crippen MR) is 50.4 cm³/mol. The van der Waals surface area contributed by atoms with Crippen LogP contribution in [0.25, 0.3) is 0 Å². The van der Waals surface area contributed by atoms with Crippen molar-refractivity contribution in [1.82, 2.24) is 0 Å². The monoisotopic (exact) mass is 286 g/mol. The molecule has 0 aromatic carbocycles. The van der Waals surface area contributed by atoms with E-state index in [0.29, 0.717) is 0 Å². The molecule has 1 N–H and O–H groups in total. The van der Waals surface area contributed by atoms with Crippen molar-refractivity contribution in [3.05, 3.63) is 44.2 Å². The molecule has 0 saturated heterocycles. The number of alkyl halides is 2. The van der Waals surface area contributed by atoms with Crippen molar-refractivity contribution in [1.29, 1.82) is 0 Å². The second-order valence-corrected chi connectivity index (χ2v) is 4.77. The van der Waals surface area contributed by atoms with E-state index >= 15 is 0 Å². The van der Waals surface area contributed by atoms with Gasteiger partial charge in [-0.1, -0.05) is 0 Å². The third-order valence-electron chi connectivity index (χ3n) is 2.07. The summed E-state index contributed by atoms with van der Waals surface area (Å²) in [5.74, 6) is -3.62. The van der Waals surface area contributed by atoms with Crippen LogP contribution in [0.1, 0.15) is 0 Å². The molecule has 0 spiro atoms. The van der Waals surface area contributed by atoms with Crippen molar-refractivity contribution in [3.63, 3.8) is 0 Å². The van der Waals surface area contributed by atoms with E-state index in [9.17, 15) is 37.4 Å². The van der Waals surface area contributed by atoms with Gasteiger partial charge in [-0.2, -0.15) is 12.8 Å². The molecule has 0 fully saturated rings. The van der Waals surface area contributed by atoms with E-state index in [-0.39, 0.29) is 12.2 Å². The van der Waals surface area contributed by atoms with Gasteiger partial charge in [-0.25, -0.2) is 4.39 Å². The molecule has 100 valence electrons. The van der Waals surface area contributed by atoms with Gasteiger partial charge < -0.3 is 0 Å². The quantitative estimate of drug-likeness (QED) is 0.257. The molecular weight excluding hydrogens is 282 g/mol. The average molecular weight is 286 g/mol. The van der Waals surface area contributed by atoms with Gasteiger partial charge in [-0.05, 0) is 6.08 Å². The maximum absolute atomic E-state index is 13.8. The summed E-state index contributed by atoms with van der Waals surface area (Å²) in [6, 6.07) is 0. The molecular formula is C6H4F2N2O7S. The minimum absolute atomic E-state index is 0.145. The molecule has 0 aliphatic heterocycles. The SMILES string of the molecule is O=[N+]([O-])C1=CC(F)([N+](=O)[O-])C=CC1(F)S(=O)(=O)O. The summed E-state index contributed by atoms with van der Waals surface area (Å²) in [5, 5.41) is 16.7. The Morgan fingerprint density at radius 3 is 2.06 bits per heavy atom. The maximum Gasteiger partial charge on any atom is 0.404 e. The van der Waals surface area contributed by atoms with Gasteiger partial charge in [0.05, 0.1) is 9.85 Å². The Morgan fingerprint density at radius 1 is 1.22 bits per heavy atom. The molecule has 0 amide bonds. The normalized spacial score (nSPS) is 31.8. The van der Waals surface area contributed by atoms with Crippen LogP contribution in [0.4, 0.5) is 8.78 Å². The second kappa shape index (κ2) is 3.78. The van der Waals surface area contributed by atoms with Crippen LogP contribution in [0.3, 0.4) is 0 Å². The lowest BCUT2D eigenvalue weighted by atomic mass is 10.0. The molecule has 2 atom stereocenters. The molecule has 1 aliphatic rings. The van der Waals surface area contributed by atoms with E-state index in [2.05, 4.69) is 0 Å². The van der Waals surface area contributed by atoms with E-state index in [1.165, 1.54) is 0 Å². The number of hydrogen-bond acceptors (Lipinski definition) is 6. The van der Waals surface area contributed by atoms with E-state index in [1.807, 2.05) is 0 Å². The molecule has 2 unspecified atom stereocenters. The highest BCUT2D eigenvalue weighted by molar-refractivity contribution is 7.87. The predicted octanol–water partition coefficient (Wildman–Crippen LogP) is 0.213. The number of hydrogen-bond donors (Lipinski definition) is 1. The van der Waals surface area contributed by atoms with Crippen LogP contribution in [0.2, 0.25) is 0 Å². The highest BCUT2D eigenvalue weighted by atomic mass is 32.2. The van der Waals surface area contributed by atoms with Crippen LogP contribution in [0.5, 0.6) is 0 Å². The van der Waals surface area contributed by atoms with Crippen molar-refractivity contribution in [2.24, 2.45) is 0 Å². The summed E-state index contributed by atoms with van der Waals surface area (Å²) in [6.07, 6.45) is -0.863. The van der Waals surface area contributed by atoms with Crippen LogP contribution in [0, 0.1) is 20.2 Å². The fourth-order valence-electron chi connectivity index (χ4n) is 1.16. The molecule has 0 bridgehead atoms. The van der Waals surface area contributed by atoms with E-state index in [1.54, 1.807) is 0 Å². The third-order valence-corrected chi connectivity index (χ3v) is 3.17. The molecule has 0 radical (unpaired) electrons. The summed E-state index contributed by atoms with van der Waals surface area (Å²) < 4.78 is 57.1. The Morgan fingerprint density at radius 2 is 1.72 bits per heavy atom. The number of nitro groups is 2. The first-order chi connectivity index (χ1) is 7.94. The van der Waals surface area contributed by atoms with Crippen LogP contribution in [-0.4, -0.2) is 33.6 Å². The van der Waals surface area contributed by atoms with Gasteiger partial charge in [0.1, 0.15) is 6.08 Å². The van der Waals surface area contributed by atoms with Gasteiger partial charge in [0, 0.05) is 6.08 Å². The Hall–Kier alpha value is -1.95. The standard InChI is InChI=1S/C6H4F2N2O7S/c7-5(10(13)14)1-2-6(8,18(15,16)17)4(3-5)9(11)12/h1-3H,(H,15,16,17). The van der Waals surface area contributed by atoms with Gasteiger partial charge in [0.2, 0.25) is 0 Å². The number of rotatable bonds is 3. The summed E-state index contributed by atoms with van der Waals surface area (Å²) >= 11 is 0. The van der Waals surface area contributed by atoms with Crippen LogP contribution in [-0.2, 0) is 10.1 Å². The summed E-state index contributed by atoms with van der Waals surface area (Å²) in [5.41, 5.74) is -1.99. The highest BCUT2D eigenvalue weighted by Crippen LogP contribution is 2.37. The van der Waals surface area contributed by atoms with Crippen molar-refractivity contribution in [2.45, 2.75) is 10.8 Å². The maximum atomic E-state index is 13.8. The lowest BCUT2D eigenvalue weighted by Crippen LogP contribution is -2.43. The van der Waals surface area contributed by atoms with Gasteiger partial charge >= 0.3 is 26.6 Å². The molecule has 0 aromatic rings. The Bertz CT molecular complexity index is 585. The Balaban J connectivity index is 3.54. The van der Waals surface area contributed by atoms with Crippen LogP contribution >= 0.6 is 0 Å². The molecule has 1 rings (SSSR count). The molecule has 12 heteroatoms. The zero-order valence-corrected chi connectivity index (χ0v) is 9.00. The van der Waals surface area contributed by atoms with E-state index in [4.69, 9.17) is 4.55 Å². The highest BCUT2D eigenvalue weighted by Gasteiger charge is 2.60. The first-order valence-electron chi connectivity index (χ1n) is 4.01. The van der Waals surface area contributed by atoms with Crippen LogP contribution < -0.4 is 0 Å². The number of nitrogens with zero attached hydrogens (tertiary/aromatic N) is 2. The topological polar surface area (TPSA) is 141 Å². The van der Waals surface area contributed by atoms with Gasteiger partial charge in [-0.15, -0.1) is 0 Å². The molecule has 0 heterocycles. The Kier molecular flexibility index (Phi) is 2.96. The van der Waals surface area contributed by atoms with Crippen molar-refractivity contribution < 1.29 is 31.6 Å². The van der Waals surface area contributed by atoms with E-state index in [0.717, 1.165) is 0 Å². The summed E-state index contributed by atoms with van der Waals surface area (Å²) in [6.45, 7) is 0. The van der Waals surface area contributed by atoms with Crippen molar-refractivity contribution >= 4 is 10.1 Å². The second-order valence-electron chi connectivity index (χ2n) is 3.22. The summed E-state index contributed by atoms with van der Waals surface area (Å²) in [4.78, 5) is 17.4. The zero-order chi connectivity index (χ0) is 14.4. The van der Waals surface area contributed by atoms with Crippen LogP contribution in [0.15, 0.2) is 23.9 Å². The minimum Gasteiger partial charge on any atom is -0.282 e. The third kappa shape index (κ3) is 1.95. The van der Waals surface area contributed by atoms with E-state index < -0.39 is 42.5 Å². The van der Waals surface area contributed by atoms with Gasteiger partial charge in [0.25, 0.3) is 0 Å². The van der Waals surface area contributed by atoms with Gasteiger partial charge in [0.15, 0.2) is 0 Å². The fraction of sp³-hybridized carbons (Fsp3) is 0.333. The summed E-state index contributed by atoms with van der Waals surface area (Å²) in [7, 11) is -5.65. The first kappa shape index (κ1) is 14.1. The molecule has 18 heavy (non-hydrogen) atoms. The average Bonchev–Trinajstić information content (AvgIpc) is 2.19. The lowest BCUT2D eigenvalue weighted by molar-refractivity contribution is -0.576. The molecule has 0 aromatic heterocycles. The fourth-order valence-corrected chi connectivity index (χ4v) is 1.79. The minimum atomic E-state index is -5.65. The smallest absolute Gasteiger partial charge is 0.282 e. The van der Waals surface area contributed by atoms with Gasteiger partial charge in [-0.3, -0.25) is 24.8 Å². The van der Waals surface area contributed by atoms with Crippen molar-refractivity contribution in [3.8, 4) is 0 Å². The first-order valence-corrected chi connectivity index (χ1v) is 5.45. The number of halogens is 2. The molecule has 0 saturated carbocycles. The molecule has 9 nitrogen and oxygen atoms in total. The zero-order valence-electron chi connectivity index (χ0n) is 8.19. The molecule has 1 aliphatic carbocycles. The van der Waals surface area contributed by atoms with Crippen molar-refractivity contribution in [2.75, 3.05) is 0 Å².